The average Bonchev–Trinajstić information content (AvgIpc) is 2.67. The van der Waals surface area contributed by atoms with Gasteiger partial charge in [-0.15, -0.1) is 0 Å². The lowest BCUT2D eigenvalue weighted by atomic mass is 10.2. The molecule has 0 saturated heterocycles. The maximum absolute atomic E-state index is 12.9. The second kappa shape index (κ2) is 9.02. The first kappa shape index (κ1) is 20.8. The van der Waals surface area contributed by atoms with Crippen LogP contribution in [0.3, 0.4) is 0 Å². The highest BCUT2D eigenvalue weighted by Gasteiger charge is 2.16. The number of anilines is 1. The molecule has 10 heteroatoms. The van der Waals surface area contributed by atoms with Crippen LogP contribution in [0.2, 0.25) is 10.0 Å². The fourth-order valence-electron chi connectivity index (χ4n) is 2.46. The minimum atomic E-state index is -0.445. The highest BCUT2D eigenvalue weighted by atomic mass is 35.5. The van der Waals surface area contributed by atoms with Crippen molar-refractivity contribution >= 4 is 51.6 Å². The van der Waals surface area contributed by atoms with Gasteiger partial charge in [-0.3, -0.25) is 9.59 Å². The topological polar surface area (TPSA) is 84.4 Å². The summed E-state index contributed by atoms with van der Waals surface area (Å²) < 4.78 is 18.4. The van der Waals surface area contributed by atoms with Crippen LogP contribution in [0.5, 0.6) is 5.88 Å². The molecule has 0 spiro atoms. The number of aromatic nitrogens is 2. The number of amides is 2. The normalized spacial score (nSPS) is 10.6. The third-order valence-electron chi connectivity index (χ3n) is 3.89. The Balaban J connectivity index is 1.59. The van der Waals surface area contributed by atoms with Crippen LogP contribution in [-0.2, 0) is 9.59 Å². The van der Waals surface area contributed by atoms with Gasteiger partial charge in [0.2, 0.25) is 11.8 Å². The number of carbonyl (C=O) groups excluding carboxylic acids is 2. The molecule has 0 atom stereocenters. The zero-order valence-electron chi connectivity index (χ0n) is 15.2. The summed E-state index contributed by atoms with van der Waals surface area (Å²) >= 11 is 12.1. The molecule has 0 aliphatic carbocycles. The molecular formula is C19H15Cl2FN4O3. The van der Waals surface area contributed by atoms with E-state index in [9.17, 15) is 14.0 Å². The number of halogens is 3. The van der Waals surface area contributed by atoms with E-state index in [0.717, 1.165) is 0 Å². The van der Waals surface area contributed by atoms with E-state index in [1.807, 2.05) is 0 Å². The van der Waals surface area contributed by atoms with Crippen molar-refractivity contribution in [1.82, 2.24) is 14.9 Å². The van der Waals surface area contributed by atoms with Gasteiger partial charge in [0.25, 0.3) is 5.91 Å². The van der Waals surface area contributed by atoms with E-state index >= 15 is 0 Å². The van der Waals surface area contributed by atoms with E-state index < -0.39 is 17.6 Å². The Bertz CT molecular complexity index is 1060. The van der Waals surface area contributed by atoms with Gasteiger partial charge in [0, 0.05) is 17.8 Å². The van der Waals surface area contributed by atoms with Crippen molar-refractivity contribution < 1.29 is 18.7 Å². The molecule has 0 saturated carbocycles. The Hall–Kier alpha value is -2.97. The highest BCUT2D eigenvalue weighted by molar-refractivity contribution is 6.38. The van der Waals surface area contributed by atoms with Crippen LogP contribution >= 0.6 is 23.2 Å². The molecule has 3 rings (SSSR count). The van der Waals surface area contributed by atoms with E-state index in [-0.39, 0.29) is 19.0 Å². The molecule has 29 heavy (non-hydrogen) atoms. The van der Waals surface area contributed by atoms with Gasteiger partial charge in [0.05, 0.1) is 22.5 Å². The summed E-state index contributed by atoms with van der Waals surface area (Å²) in [5, 5.41) is 3.75. The Morgan fingerprint density at radius 3 is 2.62 bits per heavy atom. The van der Waals surface area contributed by atoms with Crippen molar-refractivity contribution in [1.29, 1.82) is 0 Å². The van der Waals surface area contributed by atoms with E-state index in [4.69, 9.17) is 27.9 Å². The molecule has 3 aromatic rings. The number of nitrogens with one attached hydrogen (secondary N) is 1. The molecule has 0 fully saturated rings. The van der Waals surface area contributed by atoms with Gasteiger partial charge in [-0.2, -0.15) is 0 Å². The number of benzene rings is 2. The lowest BCUT2D eigenvalue weighted by Crippen LogP contribution is -2.37. The molecule has 0 radical (unpaired) electrons. The summed E-state index contributed by atoms with van der Waals surface area (Å²) in [6, 6.07) is 8.43. The summed E-state index contributed by atoms with van der Waals surface area (Å²) in [7, 11) is 1.46. The minimum absolute atomic E-state index is 0.150. The molecule has 0 aliphatic heterocycles. The molecule has 7 nitrogen and oxygen atoms in total. The fraction of sp³-hybridized carbons (Fsp3) is 0.158. The molecule has 1 heterocycles. The largest absolute Gasteiger partial charge is 0.467 e. The first-order valence-electron chi connectivity index (χ1n) is 8.35. The maximum Gasteiger partial charge on any atom is 0.260 e. The van der Waals surface area contributed by atoms with Gasteiger partial charge in [-0.25, -0.2) is 14.4 Å². The van der Waals surface area contributed by atoms with Crippen molar-refractivity contribution in [2.45, 2.75) is 0 Å². The van der Waals surface area contributed by atoms with Crippen LogP contribution in [0.1, 0.15) is 0 Å². The van der Waals surface area contributed by atoms with Crippen molar-refractivity contribution in [3.05, 3.63) is 58.6 Å². The summed E-state index contributed by atoms with van der Waals surface area (Å²) in [6.07, 6.45) is 1.27. The summed E-state index contributed by atoms with van der Waals surface area (Å²) in [6.45, 7) is -0.557. The maximum atomic E-state index is 12.9. The molecule has 2 aromatic carbocycles. The smallest absolute Gasteiger partial charge is 0.260 e. The molecule has 0 aliphatic rings. The monoisotopic (exact) mass is 436 g/mol. The fourth-order valence-corrected chi connectivity index (χ4v) is 3.00. The summed E-state index contributed by atoms with van der Waals surface area (Å²) in [5.41, 5.74) is 0.871. The third-order valence-corrected chi connectivity index (χ3v) is 4.39. The number of carbonyl (C=O) groups is 2. The highest BCUT2D eigenvalue weighted by Crippen LogP contribution is 2.30. The summed E-state index contributed by atoms with van der Waals surface area (Å²) in [5.74, 6) is -1.14. The quantitative estimate of drug-likeness (QED) is 0.638. The van der Waals surface area contributed by atoms with Gasteiger partial charge >= 0.3 is 0 Å². The van der Waals surface area contributed by atoms with Crippen molar-refractivity contribution in [2.75, 3.05) is 25.5 Å². The van der Waals surface area contributed by atoms with Crippen LogP contribution in [0.15, 0.2) is 42.7 Å². The molecule has 2 amide bonds. The lowest BCUT2D eigenvalue weighted by molar-refractivity contribution is -0.135. The number of hydrogen-bond donors (Lipinski definition) is 1. The predicted molar refractivity (Wildman–Crippen MR) is 108 cm³/mol. The molecule has 0 bridgehead atoms. The Morgan fingerprint density at radius 2 is 1.90 bits per heavy atom. The molecular weight excluding hydrogens is 422 g/mol. The third kappa shape index (κ3) is 5.30. The van der Waals surface area contributed by atoms with Crippen molar-refractivity contribution in [3.8, 4) is 5.88 Å². The Kier molecular flexibility index (Phi) is 6.46. The number of hydrogen-bond acceptors (Lipinski definition) is 5. The number of ether oxygens (including phenoxy) is 1. The van der Waals surface area contributed by atoms with Crippen LogP contribution < -0.4 is 10.1 Å². The second-order valence-electron chi connectivity index (χ2n) is 6.06. The van der Waals surface area contributed by atoms with E-state index in [1.165, 1.54) is 42.5 Å². The molecule has 1 aromatic heterocycles. The average molecular weight is 437 g/mol. The minimum Gasteiger partial charge on any atom is -0.467 e. The van der Waals surface area contributed by atoms with Crippen LogP contribution in [-0.4, -0.2) is 46.9 Å². The molecule has 0 unspecified atom stereocenters. The first-order chi connectivity index (χ1) is 13.8. The van der Waals surface area contributed by atoms with E-state index in [1.54, 1.807) is 12.1 Å². The van der Waals surface area contributed by atoms with Gasteiger partial charge in [0.1, 0.15) is 12.1 Å². The van der Waals surface area contributed by atoms with E-state index in [2.05, 4.69) is 15.3 Å². The Labute approximate surface area is 175 Å². The lowest BCUT2D eigenvalue weighted by Gasteiger charge is -2.17. The predicted octanol–water partition coefficient (Wildman–Crippen LogP) is 3.55. The van der Waals surface area contributed by atoms with Gasteiger partial charge in [-0.05, 0) is 36.4 Å². The first-order valence-corrected chi connectivity index (χ1v) is 9.11. The van der Waals surface area contributed by atoms with Crippen molar-refractivity contribution in [2.24, 2.45) is 0 Å². The Morgan fingerprint density at radius 1 is 1.17 bits per heavy atom. The van der Waals surface area contributed by atoms with Crippen LogP contribution in [0.25, 0.3) is 10.9 Å². The second-order valence-corrected chi connectivity index (χ2v) is 6.90. The zero-order chi connectivity index (χ0) is 21.0. The van der Waals surface area contributed by atoms with Gasteiger partial charge in [0.15, 0.2) is 6.61 Å². The zero-order valence-corrected chi connectivity index (χ0v) is 16.7. The summed E-state index contributed by atoms with van der Waals surface area (Å²) in [4.78, 5) is 33.6. The molecule has 1 N–H and O–H groups in total. The van der Waals surface area contributed by atoms with Gasteiger partial charge < -0.3 is 15.0 Å². The number of likely N-dealkylation sites (N-methyl/N-ethyl adjacent to an activating group) is 1. The SMILES string of the molecule is CN(CC(=O)Nc1ccc(F)cc1)C(=O)COc1ncnc2c(Cl)cc(Cl)cc12. The van der Waals surface area contributed by atoms with E-state index in [0.29, 0.717) is 26.6 Å². The number of nitrogens with zero attached hydrogens (tertiary/aromatic N) is 3. The van der Waals surface area contributed by atoms with Crippen LogP contribution in [0, 0.1) is 5.82 Å². The number of rotatable bonds is 6. The van der Waals surface area contributed by atoms with Crippen molar-refractivity contribution in [3.63, 3.8) is 0 Å². The standard InChI is InChI=1S/C19H15Cl2FN4O3/c1-26(8-16(27)25-13-4-2-12(22)3-5-13)17(28)9-29-19-14-6-11(20)7-15(21)18(14)23-10-24-19/h2-7,10H,8-9H2,1H3,(H,25,27). The number of fused-ring (bicyclic) bond motifs is 1. The van der Waals surface area contributed by atoms with Crippen LogP contribution in [0.4, 0.5) is 10.1 Å². The molecule has 150 valence electrons. The van der Waals surface area contributed by atoms with Gasteiger partial charge in [-0.1, -0.05) is 23.2 Å².